The number of carbonyl (C=O) groups is 1. The Morgan fingerprint density at radius 3 is 2.61 bits per heavy atom. The number of nitrogens with zero attached hydrogens (tertiary/aromatic N) is 4. The summed E-state index contributed by atoms with van der Waals surface area (Å²) in [5, 5.41) is 14.5. The van der Waals surface area contributed by atoms with Crippen LogP contribution in [0.3, 0.4) is 0 Å². The van der Waals surface area contributed by atoms with Crippen LogP contribution in [0, 0.1) is 20.8 Å². The first-order chi connectivity index (χ1) is 13.4. The van der Waals surface area contributed by atoms with E-state index in [9.17, 15) is 4.79 Å². The minimum absolute atomic E-state index is 0.113. The van der Waals surface area contributed by atoms with Gasteiger partial charge in [0, 0.05) is 11.9 Å². The summed E-state index contributed by atoms with van der Waals surface area (Å²) in [6.07, 6.45) is 0. The quantitative estimate of drug-likeness (QED) is 0.558. The number of aryl methyl sites for hydroxylation is 3. The van der Waals surface area contributed by atoms with Crippen molar-refractivity contribution >= 4 is 34.1 Å². The van der Waals surface area contributed by atoms with Gasteiger partial charge in [-0.1, -0.05) is 17.8 Å². The first kappa shape index (κ1) is 20.3. The molecule has 148 valence electrons. The third-order valence-corrected chi connectivity index (χ3v) is 5.71. The van der Waals surface area contributed by atoms with E-state index in [-0.39, 0.29) is 11.7 Å². The van der Waals surface area contributed by atoms with Crippen LogP contribution in [0.1, 0.15) is 29.6 Å². The standard InChI is InChI=1S/C19H23N5O2S2/c1-5-24-16(9-26-15-7-12(2)6-13(3)8-15)22-23-19(24)28-11-17(25)21-18-20-14(4)10-27-18/h6-8,10H,5,9,11H2,1-4H3,(H,20,21,25). The highest BCUT2D eigenvalue weighted by atomic mass is 32.2. The molecule has 0 fully saturated rings. The van der Waals surface area contributed by atoms with Crippen LogP contribution in [0.2, 0.25) is 0 Å². The number of rotatable bonds is 8. The molecule has 0 radical (unpaired) electrons. The van der Waals surface area contributed by atoms with Gasteiger partial charge in [0.1, 0.15) is 12.4 Å². The fourth-order valence-corrected chi connectivity index (χ4v) is 4.24. The summed E-state index contributed by atoms with van der Waals surface area (Å²) < 4.78 is 7.86. The maximum absolute atomic E-state index is 12.1. The molecule has 7 nitrogen and oxygen atoms in total. The molecule has 0 saturated heterocycles. The maximum atomic E-state index is 12.1. The van der Waals surface area contributed by atoms with Gasteiger partial charge in [-0.05, 0) is 51.0 Å². The largest absolute Gasteiger partial charge is 0.486 e. The van der Waals surface area contributed by atoms with Crippen molar-refractivity contribution in [2.45, 2.75) is 46.0 Å². The van der Waals surface area contributed by atoms with E-state index in [1.54, 1.807) is 0 Å². The van der Waals surface area contributed by atoms with Crippen LogP contribution in [0.15, 0.2) is 28.7 Å². The van der Waals surface area contributed by atoms with E-state index in [1.807, 2.05) is 49.8 Å². The SMILES string of the molecule is CCn1c(COc2cc(C)cc(C)c2)nnc1SCC(=O)Nc1nc(C)cs1. The van der Waals surface area contributed by atoms with Crippen LogP contribution in [0.25, 0.3) is 0 Å². The Balaban J connectivity index is 1.59. The molecule has 2 aromatic heterocycles. The molecule has 9 heteroatoms. The number of anilines is 1. The van der Waals surface area contributed by atoms with Crippen LogP contribution in [0.5, 0.6) is 5.75 Å². The van der Waals surface area contributed by atoms with Gasteiger partial charge >= 0.3 is 0 Å². The lowest BCUT2D eigenvalue weighted by molar-refractivity contribution is -0.113. The van der Waals surface area contributed by atoms with Gasteiger partial charge in [0.15, 0.2) is 16.1 Å². The Morgan fingerprint density at radius 2 is 1.96 bits per heavy atom. The van der Waals surface area contributed by atoms with Gasteiger partial charge in [-0.2, -0.15) is 0 Å². The Kier molecular flexibility index (Phi) is 6.69. The molecule has 1 amide bonds. The Bertz CT molecular complexity index is 947. The second kappa shape index (κ2) is 9.20. The summed E-state index contributed by atoms with van der Waals surface area (Å²) in [7, 11) is 0. The predicted octanol–water partition coefficient (Wildman–Crippen LogP) is 3.99. The van der Waals surface area contributed by atoms with Crippen molar-refractivity contribution < 1.29 is 9.53 Å². The normalized spacial score (nSPS) is 10.9. The molecule has 0 unspecified atom stereocenters. The first-order valence-corrected chi connectivity index (χ1v) is 10.8. The van der Waals surface area contributed by atoms with Gasteiger partial charge in [0.25, 0.3) is 0 Å². The van der Waals surface area contributed by atoms with Gasteiger partial charge in [-0.25, -0.2) is 4.98 Å². The van der Waals surface area contributed by atoms with Crippen molar-refractivity contribution in [3.8, 4) is 5.75 Å². The zero-order valence-corrected chi connectivity index (χ0v) is 18.0. The van der Waals surface area contributed by atoms with Crippen molar-refractivity contribution in [3.63, 3.8) is 0 Å². The molecular formula is C19H23N5O2S2. The fourth-order valence-electron chi connectivity index (χ4n) is 2.71. The fraction of sp³-hybridized carbons (Fsp3) is 0.368. The Labute approximate surface area is 172 Å². The molecule has 0 aliphatic rings. The van der Waals surface area contributed by atoms with Crippen LogP contribution in [-0.4, -0.2) is 31.4 Å². The molecule has 2 heterocycles. The molecule has 0 spiro atoms. The highest BCUT2D eigenvalue weighted by Crippen LogP contribution is 2.21. The minimum Gasteiger partial charge on any atom is -0.486 e. The Morgan fingerprint density at radius 1 is 1.21 bits per heavy atom. The highest BCUT2D eigenvalue weighted by molar-refractivity contribution is 7.99. The van der Waals surface area contributed by atoms with Gasteiger partial charge in [-0.15, -0.1) is 21.5 Å². The van der Waals surface area contributed by atoms with Crippen LogP contribution >= 0.6 is 23.1 Å². The number of benzene rings is 1. The number of carbonyl (C=O) groups excluding carboxylic acids is 1. The lowest BCUT2D eigenvalue weighted by Gasteiger charge is -2.10. The van der Waals surface area contributed by atoms with E-state index in [0.29, 0.717) is 23.4 Å². The third kappa shape index (κ3) is 5.32. The molecule has 0 saturated carbocycles. The number of thiazole rings is 1. The summed E-state index contributed by atoms with van der Waals surface area (Å²) in [6.45, 7) is 9.03. The van der Waals surface area contributed by atoms with Gasteiger partial charge in [0.05, 0.1) is 11.4 Å². The van der Waals surface area contributed by atoms with E-state index in [1.165, 1.54) is 23.1 Å². The summed E-state index contributed by atoms with van der Waals surface area (Å²) in [5.41, 5.74) is 3.21. The molecule has 3 aromatic rings. The zero-order valence-electron chi connectivity index (χ0n) is 16.4. The topological polar surface area (TPSA) is 81.9 Å². The second-order valence-electron chi connectivity index (χ2n) is 6.39. The monoisotopic (exact) mass is 417 g/mol. The number of hydrogen-bond donors (Lipinski definition) is 1. The first-order valence-electron chi connectivity index (χ1n) is 8.92. The van der Waals surface area contributed by atoms with E-state index in [4.69, 9.17) is 4.74 Å². The third-order valence-electron chi connectivity index (χ3n) is 3.87. The lowest BCUT2D eigenvalue weighted by atomic mass is 10.1. The number of nitrogens with one attached hydrogen (secondary N) is 1. The molecule has 0 atom stereocenters. The van der Waals surface area contributed by atoms with E-state index in [0.717, 1.165) is 28.4 Å². The molecule has 1 N–H and O–H groups in total. The van der Waals surface area contributed by atoms with Crippen LogP contribution < -0.4 is 10.1 Å². The minimum atomic E-state index is -0.113. The number of aromatic nitrogens is 4. The smallest absolute Gasteiger partial charge is 0.236 e. The van der Waals surface area contributed by atoms with Crippen molar-refractivity contribution in [1.82, 2.24) is 19.7 Å². The van der Waals surface area contributed by atoms with E-state index in [2.05, 4.69) is 26.6 Å². The van der Waals surface area contributed by atoms with Crippen LogP contribution in [0.4, 0.5) is 5.13 Å². The summed E-state index contributed by atoms with van der Waals surface area (Å²) >= 11 is 2.77. The Hall–Kier alpha value is -2.39. The second-order valence-corrected chi connectivity index (χ2v) is 8.19. The number of amides is 1. The number of thioether (sulfide) groups is 1. The molecule has 1 aromatic carbocycles. The number of ether oxygens (including phenoxy) is 1. The van der Waals surface area contributed by atoms with Crippen molar-refractivity contribution in [2.24, 2.45) is 0 Å². The average molecular weight is 418 g/mol. The summed E-state index contributed by atoms with van der Waals surface area (Å²) in [4.78, 5) is 16.4. The average Bonchev–Trinajstić information content (AvgIpc) is 3.22. The van der Waals surface area contributed by atoms with E-state index < -0.39 is 0 Å². The predicted molar refractivity (Wildman–Crippen MR) is 112 cm³/mol. The van der Waals surface area contributed by atoms with Crippen molar-refractivity contribution in [3.05, 3.63) is 46.2 Å². The molecule has 3 rings (SSSR count). The molecule has 0 aliphatic carbocycles. The molecular weight excluding hydrogens is 394 g/mol. The molecule has 28 heavy (non-hydrogen) atoms. The zero-order chi connectivity index (χ0) is 20.1. The highest BCUT2D eigenvalue weighted by Gasteiger charge is 2.14. The molecule has 0 aliphatic heterocycles. The lowest BCUT2D eigenvalue weighted by Crippen LogP contribution is -2.14. The summed E-state index contributed by atoms with van der Waals surface area (Å²) in [6, 6.07) is 6.11. The number of hydrogen-bond acceptors (Lipinski definition) is 7. The van der Waals surface area contributed by atoms with Gasteiger partial charge in [0.2, 0.25) is 5.91 Å². The van der Waals surface area contributed by atoms with Crippen LogP contribution in [-0.2, 0) is 17.9 Å². The molecule has 0 bridgehead atoms. The van der Waals surface area contributed by atoms with Gasteiger partial charge < -0.3 is 14.6 Å². The van der Waals surface area contributed by atoms with E-state index >= 15 is 0 Å². The maximum Gasteiger partial charge on any atom is 0.236 e. The van der Waals surface area contributed by atoms with Gasteiger partial charge in [-0.3, -0.25) is 4.79 Å². The van der Waals surface area contributed by atoms with Crippen molar-refractivity contribution in [2.75, 3.05) is 11.1 Å². The van der Waals surface area contributed by atoms with Crippen molar-refractivity contribution in [1.29, 1.82) is 0 Å². The summed E-state index contributed by atoms with van der Waals surface area (Å²) in [5.74, 6) is 1.68.